The van der Waals surface area contributed by atoms with Gasteiger partial charge >= 0.3 is 0 Å². The largest absolute Gasteiger partial charge is 0.296 e. The van der Waals surface area contributed by atoms with Gasteiger partial charge in [0.05, 0.1) is 0 Å². The Labute approximate surface area is 110 Å². The fourth-order valence-electron chi connectivity index (χ4n) is 2.03. The lowest BCUT2D eigenvalue weighted by Crippen LogP contribution is -2.26. The highest BCUT2D eigenvalue weighted by Gasteiger charge is 2.30. The topological polar surface area (TPSA) is 33.2 Å². The van der Waals surface area contributed by atoms with Gasteiger partial charge in [-0.1, -0.05) is 6.08 Å². The molecule has 17 heavy (non-hydrogen) atoms. The molecule has 1 atom stereocenters. The number of rotatable bonds is 2. The third kappa shape index (κ3) is 2.14. The summed E-state index contributed by atoms with van der Waals surface area (Å²) in [5.74, 6) is 1.15. The van der Waals surface area contributed by atoms with Crippen molar-refractivity contribution in [2.24, 2.45) is 5.92 Å². The van der Waals surface area contributed by atoms with Gasteiger partial charge in [-0.05, 0) is 40.9 Å². The van der Waals surface area contributed by atoms with Crippen molar-refractivity contribution in [3.63, 3.8) is 0 Å². The molecule has 0 bridgehead atoms. The normalized spacial score (nSPS) is 19.8. The van der Waals surface area contributed by atoms with Crippen LogP contribution in [0.15, 0.2) is 23.3 Å². The SMILES string of the molecule is C=CC1CC(=O)N(c2ncc(Br)c(C)c2C)C1. The van der Waals surface area contributed by atoms with Crippen LogP contribution in [0.3, 0.4) is 0 Å². The Morgan fingerprint density at radius 2 is 2.24 bits per heavy atom. The summed E-state index contributed by atoms with van der Waals surface area (Å²) >= 11 is 3.45. The van der Waals surface area contributed by atoms with Gasteiger partial charge in [-0.15, -0.1) is 6.58 Å². The second kappa shape index (κ2) is 4.61. The van der Waals surface area contributed by atoms with E-state index in [9.17, 15) is 4.79 Å². The van der Waals surface area contributed by atoms with E-state index < -0.39 is 0 Å². The van der Waals surface area contributed by atoms with Crippen LogP contribution in [0.1, 0.15) is 17.5 Å². The van der Waals surface area contributed by atoms with E-state index >= 15 is 0 Å². The van der Waals surface area contributed by atoms with Crippen molar-refractivity contribution in [2.75, 3.05) is 11.4 Å². The monoisotopic (exact) mass is 294 g/mol. The fourth-order valence-corrected chi connectivity index (χ4v) is 2.43. The van der Waals surface area contributed by atoms with Crippen LogP contribution >= 0.6 is 15.9 Å². The lowest BCUT2D eigenvalue weighted by molar-refractivity contribution is -0.117. The Morgan fingerprint density at radius 3 is 2.82 bits per heavy atom. The van der Waals surface area contributed by atoms with Crippen molar-refractivity contribution in [1.82, 2.24) is 4.98 Å². The molecule has 2 heterocycles. The van der Waals surface area contributed by atoms with E-state index in [0.29, 0.717) is 13.0 Å². The van der Waals surface area contributed by atoms with Crippen LogP contribution in [-0.2, 0) is 4.79 Å². The predicted octanol–water partition coefficient (Wildman–Crippen LogP) is 3.00. The number of carbonyl (C=O) groups is 1. The van der Waals surface area contributed by atoms with Crippen LogP contribution in [0.2, 0.25) is 0 Å². The summed E-state index contributed by atoms with van der Waals surface area (Å²) in [5, 5.41) is 0. The highest BCUT2D eigenvalue weighted by molar-refractivity contribution is 9.10. The standard InChI is InChI=1S/C13H15BrN2O/c1-4-10-5-12(17)16(7-10)13-9(3)8(2)11(14)6-15-13/h4,6,10H,1,5,7H2,2-3H3. The first-order chi connectivity index (χ1) is 8.04. The number of aromatic nitrogens is 1. The molecule has 0 radical (unpaired) electrons. The molecule has 1 aromatic heterocycles. The molecule has 2 rings (SSSR count). The highest BCUT2D eigenvalue weighted by atomic mass is 79.9. The molecule has 4 heteroatoms. The second-order valence-electron chi connectivity index (χ2n) is 4.38. The van der Waals surface area contributed by atoms with E-state index in [4.69, 9.17) is 0 Å². The number of nitrogens with zero attached hydrogens (tertiary/aromatic N) is 2. The average Bonchev–Trinajstić information content (AvgIpc) is 2.68. The number of anilines is 1. The minimum Gasteiger partial charge on any atom is -0.296 e. The second-order valence-corrected chi connectivity index (χ2v) is 5.24. The van der Waals surface area contributed by atoms with Crippen LogP contribution in [-0.4, -0.2) is 17.4 Å². The Bertz CT molecular complexity index is 485. The van der Waals surface area contributed by atoms with E-state index in [1.54, 1.807) is 11.1 Å². The molecule has 1 unspecified atom stereocenters. The van der Waals surface area contributed by atoms with Gasteiger partial charge in [0.15, 0.2) is 0 Å². The van der Waals surface area contributed by atoms with E-state index in [-0.39, 0.29) is 11.8 Å². The van der Waals surface area contributed by atoms with E-state index in [0.717, 1.165) is 21.4 Å². The molecule has 0 saturated carbocycles. The molecule has 0 spiro atoms. The van der Waals surface area contributed by atoms with Gasteiger partial charge in [-0.3, -0.25) is 9.69 Å². The zero-order valence-electron chi connectivity index (χ0n) is 10.0. The molecule has 1 aromatic rings. The number of halogens is 1. The average molecular weight is 295 g/mol. The zero-order chi connectivity index (χ0) is 12.6. The quantitative estimate of drug-likeness (QED) is 0.786. The van der Waals surface area contributed by atoms with Gasteiger partial charge in [-0.2, -0.15) is 0 Å². The Morgan fingerprint density at radius 1 is 1.53 bits per heavy atom. The maximum Gasteiger partial charge on any atom is 0.228 e. The van der Waals surface area contributed by atoms with Crippen LogP contribution in [0.5, 0.6) is 0 Å². The molecular weight excluding hydrogens is 280 g/mol. The molecule has 90 valence electrons. The molecule has 1 saturated heterocycles. The third-order valence-electron chi connectivity index (χ3n) is 3.30. The van der Waals surface area contributed by atoms with Gasteiger partial charge < -0.3 is 0 Å². The fraction of sp³-hybridized carbons (Fsp3) is 0.385. The number of carbonyl (C=O) groups excluding carboxylic acids is 1. The van der Waals surface area contributed by atoms with E-state index in [2.05, 4.69) is 27.5 Å². The summed E-state index contributed by atoms with van der Waals surface area (Å²) < 4.78 is 0.977. The lowest BCUT2D eigenvalue weighted by atomic mass is 10.1. The molecule has 0 N–H and O–H groups in total. The van der Waals surface area contributed by atoms with Crippen molar-refractivity contribution < 1.29 is 4.79 Å². The van der Waals surface area contributed by atoms with Crippen molar-refractivity contribution in [1.29, 1.82) is 0 Å². The third-order valence-corrected chi connectivity index (χ3v) is 4.10. The van der Waals surface area contributed by atoms with Crippen LogP contribution in [0.4, 0.5) is 5.82 Å². The minimum atomic E-state index is 0.132. The summed E-state index contributed by atoms with van der Waals surface area (Å²) in [7, 11) is 0. The molecule has 0 aliphatic carbocycles. The molecule has 1 fully saturated rings. The summed E-state index contributed by atoms with van der Waals surface area (Å²) in [4.78, 5) is 18.0. The first-order valence-corrected chi connectivity index (χ1v) is 6.38. The zero-order valence-corrected chi connectivity index (χ0v) is 11.6. The molecular formula is C13H15BrN2O. The van der Waals surface area contributed by atoms with Gasteiger partial charge in [0.1, 0.15) is 5.82 Å². The van der Waals surface area contributed by atoms with Gasteiger partial charge in [0, 0.05) is 29.6 Å². The van der Waals surface area contributed by atoms with E-state index in [1.807, 2.05) is 19.9 Å². The predicted molar refractivity (Wildman–Crippen MR) is 72.1 cm³/mol. The van der Waals surface area contributed by atoms with Crippen LogP contribution in [0.25, 0.3) is 0 Å². The Balaban J connectivity index is 2.39. The number of hydrogen-bond acceptors (Lipinski definition) is 2. The smallest absolute Gasteiger partial charge is 0.228 e. The molecule has 3 nitrogen and oxygen atoms in total. The maximum atomic E-state index is 11.9. The van der Waals surface area contributed by atoms with Crippen molar-refractivity contribution >= 4 is 27.7 Å². The summed E-state index contributed by atoms with van der Waals surface area (Å²) in [6, 6.07) is 0. The first-order valence-electron chi connectivity index (χ1n) is 5.59. The van der Waals surface area contributed by atoms with Crippen molar-refractivity contribution in [2.45, 2.75) is 20.3 Å². The molecule has 1 amide bonds. The van der Waals surface area contributed by atoms with Gasteiger partial charge in [0.25, 0.3) is 0 Å². The summed E-state index contributed by atoms with van der Waals surface area (Å²) in [5.41, 5.74) is 2.18. The van der Waals surface area contributed by atoms with Crippen molar-refractivity contribution in [3.05, 3.63) is 34.5 Å². The minimum absolute atomic E-state index is 0.132. The van der Waals surface area contributed by atoms with Gasteiger partial charge in [-0.25, -0.2) is 4.98 Å². The number of pyridine rings is 1. The van der Waals surface area contributed by atoms with Crippen LogP contribution in [0, 0.1) is 19.8 Å². The maximum absolute atomic E-state index is 11.9. The van der Waals surface area contributed by atoms with E-state index in [1.165, 1.54) is 0 Å². The number of hydrogen-bond donors (Lipinski definition) is 0. The lowest BCUT2D eigenvalue weighted by Gasteiger charge is -2.19. The Kier molecular flexibility index (Phi) is 3.33. The van der Waals surface area contributed by atoms with Crippen LogP contribution < -0.4 is 4.90 Å². The molecule has 1 aliphatic heterocycles. The summed E-state index contributed by atoms with van der Waals surface area (Å²) in [6.07, 6.45) is 4.14. The summed E-state index contributed by atoms with van der Waals surface area (Å²) in [6.45, 7) is 8.47. The number of amides is 1. The van der Waals surface area contributed by atoms with Crippen molar-refractivity contribution in [3.8, 4) is 0 Å². The van der Waals surface area contributed by atoms with Gasteiger partial charge in [0.2, 0.25) is 5.91 Å². The molecule has 1 aliphatic rings. The molecule has 0 aromatic carbocycles. The first kappa shape index (κ1) is 12.3. The Hall–Kier alpha value is -1.16. The highest BCUT2D eigenvalue weighted by Crippen LogP contribution is 2.30.